The molecule has 1 aliphatic rings. The van der Waals surface area contributed by atoms with Crippen LogP contribution in [0.1, 0.15) is 32.8 Å². The van der Waals surface area contributed by atoms with E-state index in [1.165, 1.54) is 35.5 Å². The number of amides is 1. The van der Waals surface area contributed by atoms with Crippen LogP contribution in [0.2, 0.25) is 0 Å². The molecule has 9 heteroatoms. The highest BCUT2D eigenvalue weighted by atomic mass is 32.1. The van der Waals surface area contributed by atoms with Crippen LogP contribution in [-0.4, -0.2) is 47.1 Å². The van der Waals surface area contributed by atoms with Gasteiger partial charge in [-0.2, -0.15) is 0 Å². The molecule has 2 atom stereocenters. The third-order valence-electron chi connectivity index (χ3n) is 4.36. The fourth-order valence-electron chi connectivity index (χ4n) is 3.22. The number of methoxy groups -OCH3 is 1. The number of thiophene rings is 1. The first-order valence-corrected chi connectivity index (χ1v) is 8.68. The number of nitrogens with zero attached hydrogens (tertiary/aromatic N) is 2. The maximum Gasteiger partial charge on any atom is 0.313 e. The van der Waals surface area contributed by atoms with Crippen molar-refractivity contribution in [1.82, 2.24) is 4.90 Å². The Bertz CT molecular complexity index is 851. The molecule has 1 aromatic heterocycles. The molecule has 26 heavy (non-hydrogen) atoms. The van der Waals surface area contributed by atoms with Gasteiger partial charge in [0.25, 0.3) is 11.6 Å². The normalized spacial score (nSPS) is 19.3. The zero-order chi connectivity index (χ0) is 18.8. The summed E-state index contributed by atoms with van der Waals surface area (Å²) in [7, 11) is 1.49. The van der Waals surface area contributed by atoms with Crippen molar-refractivity contribution in [1.29, 1.82) is 0 Å². The summed E-state index contributed by atoms with van der Waals surface area (Å²) in [4.78, 5) is 37.7. The molecule has 0 fully saturated rings. The Morgan fingerprint density at radius 2 is 2.19 bits per heavy atom. The zero-order valence-electron chi connectivity index (χ0n) is 13.8. The molecule has 2 aromatic rings. The van der Waals surface area contributed by atoms with Crippen LogP contribution in [0.25, 0.3) is 0 Å². The van der Waals surface area contributed by atoms with Crippen molar-refractivity contribution in [2.24, 2.45) is 0 Å². The molecule has 0 saturated carbocycles. The predicted octanol–water partition coefficient (Wildman–Crippen LogP) is 2.67. The predicted molar refractivity (Wildman–Crippen MR) is 93.4 cm³/mol. The average molecular weight is 376 g/mol. The SMILES string of the molecule is COCCN1C(=O)c2cc([N+](=O)[O-])ccc2C(C(=O)O)C1c1cccs1. The Balaban J connectivity index is 2.18. The van der Waals surface area contributed by atoms with Gasteiger partial charge in [-0.3, -0.25) is 19.7 Å². The molecule has 1 N–H and O–H groups in total. The van der Waals surface area contributed by atoms with E-state index in [2.05, 4.69) is 0 Å². The maximum absolute atomic E-state index is 13.0. The Morgan fingerprint density at radius 3 is 2.77 bits per heavy atom. The summed E-state index contributed by atoms with van der Waals surface area (Å²) < 4.78 is 5.06. The molecule has 8 nitrogen and oxygen atoms in total. The summed E-state index contributed by atoms with van der Waals surface area (Å²) in [5.41, 5.74) is 0.0955. The standard InChI is InChI=1S/C17H16N2O6S/c1-25-7-6-18-15(13-3-2-8-26-13)14(17(21)22)11-5-4-10(19(23)24)9-12(11)16(18)20/h2-5,8-9,14-15H,6-7H2,1H3,(H,21,22). The van der Waals surface area contributed by atoms with Gasteiger partial charge in [-0.15, -0.1) is 11.3 Å². The number of carbonyl (C=O) groups excluding carboxylic acids is 1. The molecule has 2 unspecified atom stereocenters. The van der Waals surface area contributed by atoms with E-state index in [1.807, 2.05) is 5.38 Å². The molecule has 3 rings (SSSR count). The van der Waals surface area contributed by atoms with Crippen molar-refractivity contribution in [3.05, 3.63) is 61.8 Å². The second kappa shape index (κ2) is 7.22. The first-order chi connectivity index (χ1) is 12.5. The minimum atomic E-state index is -1.09. The summed E-state index contributed by atoms with van der Waals surface area (Å²) in [6, 6.07) is 6.65. The lowest BCUT2D eigenvalue weighted by Crippen LogP contribution is -2.46. The van der Waals surface area contributed by atoms with Crippen LogP contribution in [0, 0.1) is 10.1 Å². The number of non-ortho nitro benzene ring substituents is 1. The summed E-state index contributed by atoms with van der Waals surface area (Å²) in [6.45, 7) is 0.411. The highest BCUT2D eigenvalue weighted by Crippen LogP contribution is 2.44. The highest BCUT2D eigenvalue weighted by Gasteiger charge is 2.45. The van der Waals surface area contributed by atoms with E-state index in [1.54, 1.807) is 12.1 Å². The van der Waals surface area contributed by atoms with Gasteiger partial charge in [-0.25, -0.2) is 0 Å². The molecule has 1 amide bonds. The zero-order valence-corrected chi connectivity index (χ0v) is 14.6. The van der Waals surface area contributed by atoms with Gasteiger partial charge in [-0.1, -0.05) is 12.1 Å². The third-order valence-corrected chi connectivity index (χ3v) is 5.31. The number of carbonyl (C=O) groups is 2. The van der Waals surface area contributed by atoms with Gasteiger partial charge in [0, 0.05) is 30.7 Å². The Hall–Kier alpha value is -2.78. The van der Waals surface area contributed by atoms with Crippen molar-refractivity contribution in [3.8, 4) is 0 Å². The maximum atomic E-state index is 13.0. The minimum absolute atomic E-state index is 0.0514. The van der Waals surface area contributed by atoms with Crippen LogP contribution in [0.15, 0.2) is 35.7 Å². The summed E-state index contributed by atoms with van der Waals surface area (Å²) in [5, 5.41) is 22.7. The van der Waals surface area contributed by atoms with E-state index in [4.69, 9.17) is 4.74 Å². The smallest absolute Gasteiger partial charge is 0.313 e. The van der Waals surface area contributed by atoms with Crippen LogP contribution in [0.3, 0.4) is 0 Å². The van der Waals surface area contributed by atoms with E-state index in [9.17, 15) is 24.8 Å². The molecule has 136 valence electrons. The van der Waals surface area contributed by atoms with Gasteiger partial charge in [0.05, 0.1) is 23.1 Å². The summed E-state index contributed by atoms with van der Waals surface area (Å²) >= 11 is 1.37. The highest BCUT2D eigenvalue weighted by molar-refractivity contribution is 7.10. The van der Waals surface area contributed by atoms with Gasteiger partial charge in [0.2, 0.25) is 0 Å². The monoisotopic (exact) mass is 376 g/mol. The van der Waals surface area contributed by atoms with E-state index in [0.717, 1.165) is 10.9 Å². The van der Waals surface area contributed by atoms with Crippen LogP contribution in [-0.2, 0) is 9.53 Å². The number of aliphatic carboxylic acids is 1. The lowest BCUT2D eigenvalue weighted by Gasteiger charge is -2.39. The molecule has 1 aliphatic heterocycles. The molecule has 0 bridgehead atoms. The Kier molecular flexibility index (Phi) is 5.01. The molecule has 0 spiro atoms. The number of nitro benzene ring substituents is 1. The summed E-state index contributed by atoms with van der Waals surface area (Å²) in [5.74, 6) is -2.54. The molecule has 2 heterocycles. The quantitative estimate of drug-likeness (QED) is 0.613. The Morgan fingerprint density at radius 1 is 1.42 bits per heavy atom. The van der Waals surface area contributed by atoms with Crippen LogP contribution in [0.4, 0.5) is 5.69 Å². The second-order valence-electron chi connectivity index (χ2n) is 5.80. The lowest BCUT2D eigenvalue weighted by atomic mass is 9.82. The number of rotatable bonds is 6. The first-order valence-electron chi connectivity index (χ1n) is 7.80. The molecular formula is C17H16N2O6S. The van der Waals surface area contributed by atoms with Crippen molar-refractivity contribution >= 4 is 28.9 Å². The molecule has 0 radical (unpaired) electrons. The number of hydrogen-bond donors (Lipinski definition) is 1. The number of fused-ring (bicyclic) bond motifs is 1. The van der Waals surface area contributed by atoms with Gasteiger partial charge in [-0.05, 0) is 17.0 Å². The van der Waals surface area contributed by atoms with Crippen molar-refractivity contribution in [3.63, 3.8) is 0 Å². The second-order valence-corrected chi connectivity index (χ2v) is 6.78. The first kappa shape index (κ1) is 18.0. The number of nitro groups is 1. The van der Waals surface area contributed by atoms with Crippen LogP contribution >= 0.6 is 11.3 Å². The number of carboxylic acid groups (broad SMARTS) is 1. The number of carboxylic acids is 1. The van der Waals surface area contributed by atoms with Crippen molar-refractivity contribution in [2.75, 3.05) is 20.3 Å². The number of hydrogen-bond acceptors (Lipinski definition) is 6. The minimum Gasteiger partial charge on any atom is -0.481 e. The van der Waals surface area contributed by atoms with Crippen molar-refractivity contribution in [2.45, 2.75) is 12.0 Å². The average Bonchev–Trinajstić information content (AvgIpc) is 3.14. The van der Waals surface area contributed by atoms with Gasteiger partial charge in [0.1, 0.15) is 5.92 Å². The van der Waals surface area contributed by atoms with Gasteiger partial charge < -0.3 is 14.7 Å². The fraction of sp³-hybridized carbons (Fsp3) is 0.294. The number of benzene rings is 1. The molecule has 0 aliphatic carbocycles. The molecule has 1 aromatic carbocycles. The Labute approximate surface area is 152 Å². The van der Waals surface area contributed by atoms with E-state index in [-0.39, 0.29) is 24.4 Å². The largest absolute Gasteiger partial charge is 0.481 e. The molecular weight excluding hydrogens is 360 g/mol. The fourth-order valence-corrected chi connectivity index (χ4v) is 4.10. The van der Waals surface area contributed by atoms with Crippen molar-refractivity contribution < 1.29 is 24.4 Å². The van der Waals surface area contributed by atoms with E-state index < -0.39 is 28.8 Å². The van der Waals surface area contributed by atoms with Gasteiger partial charge in [0.15, 0.2) is 0 Å². The third kappa shape index (κ3) is 3.06. The lowest BCUT2D eigenvalue weighted by molar-refractivity contribution is -0.384. The summed E-state index contributed by atoms with van der Waals surface area (Å²) in [6.07, 6.45) is 0. The topological polar surface area (TPSA) is 110 Å². The van der Waals surface area contributed by atoms with Crippen LogP contribution in [0.5, 0.6) is 0 Å². The number of ether oxygens (including phenoxy) is 1. The van der Waals surface area contributed by atoms with Crippen LogP contribution < -0.4 is 0 Å². The molecule has 0 saturated heterocycles. The van der Waals surface area contributed by atoms with Gasteiger partial charge >= 0.3 is 5.97 Å². The van der Waals surface area contributed by atoms with E-state index in [0.29, 0.717) is 5.56 Å². The van der Waals surface area contributed by atoms with E-state index >= 15 is 0 Å².